The predicted octanol–water partition coefficient (Wildman–Crippen LogP) is 3.19. The van der Waals surface area contributed by atoms with E-state index in [0.29, 0.717) is 18.1 Å². The van der Waals surface area contributed by atoms with E-state index in [9.17, 15) is 18.7 Å². The fourth-order valence-electron chi connectivity index (χ4n) is 2.19. The molecule has 0 unspecified atom stereocenters. The van der Waals surface area contributed by atoms with Crippen LogP contribution in [-0.2, 0) is 4.84 Å². The maximum Gasteiger partial charge on any atom is 0.277 e. The molecule has 132 valence electrons. The molecule has 1 saturated carbocycles. The number of anilines is 2. The Labute approximate surface area is 142 Å². The molecular formula is C17H17F2N3O3. The summed E-state index contributed by atoms with van der Waals surface area (Å²) in [5.74, 6) is -2.99. The molecular weight excluding hydrogens is 332 g/mol. The van der Waals surface area contributed by atoms with Crippen molar-refractivity contribution in [2.24, 2.45) is 5.92 Å². The number of hydroxylamine groups is 1. The first-order valence-corrected chi connectivity index (χ1v) is 7.79. The molecule has 2 aromatic rings. The van der Waals surface area contributed by atoms with Crippen molar-refractivity contribution in [1.29, 1.82) is 0 Å². The molecule has 0 bridgehead atoms. The Morgan fingerprint density at radius 1 is 1.36 bits per heavy atom. The van der Waals surface area contributed by atoms with Crippen LogP contribution in [0.2, 0.25) is 0 Å². The second-order valence-corrected chi connectivity index (χ2v) is 5.92. The number of amides is 1. The summed E-state index contributed by atoms with van der Waals surface area (Å²) in [5, 5.41) is 12.5. The highest BCUT2D eigenvalue weighted by Crippen LogP contribution is 2.31. The number of pyridine rings is 1. The Hall–Kier alpha value is -2.74. The molecule has 8 heteroatoms. The zero-order chi connectivity index (χ0) is 18.0. The maximum atomic E-state index is 14.2. The summed E-state index contributed by atoms with van der Waals surface area (Å²) in [4.78, 5) is 21.2. The van der Waals surface area contributed by atoms with E-state index in [1.54, 1.807) is 13.0 Å². The van der Waals surface area contributed by atoms with Gasteiger partial charge in [-0.25, -0.2) is 19.2 Å². The lowest BCUT2D eigenvalue weighted by atomic mass is 10.1. The third kappa shape index (κ3) is 3.85. The number of halogens is 2. The average molecular weight is 349 g/mol. The number of aromatic hydroxyl groups is 1. The average Bonchev–Trinajstić information content (AvgIpc) is 3.40. The van der Waals surface area contributed by atoms with Crippen molar-refractivity contribution < 1.29 is 23.5 Å². The number of aryl methyl sites for hydroxylation is 1. The van der Waals surface area contributed by atoms with E-state index >= 15 is 0 Å². The minimum atomic E-state index is -1.25. The Morgan fingerprint density at radius 3 is 2.84 bits per heavy atom. The molecule has 3 N–H and O–H groups in total. The molecule has 1 aliphatic rings. The second kappa shape index (κ2) is 7.02. The van der Waals surface area contributed by atoms with Gasteiger partial charge < -0.3 is 10.4 Å². The summed E-state index contributed by atoms with van der Waals surface area (Å²) in [5.41, 5.74) is 2.11. The Bertz CT molecular complexity index is 810. The van der Waals surface area contributed by atoms with Crippen molar-refractivity contribution in [3.8, 4) is 5.75 Å². The third-order valence-corrected chi connectivity index (χ3v) is 3.89. The van der Waals surface area contributed by atoms with E-state index in [-0.39, 0.29) is 17.1 Å². The number of aromatic nitrogens is 1. The van der Waals surface area contributed by atoms with Crippen LogP contribution in [-0.4, -0.2) is 22.6 Å². The molecule has 1 fully saturated rings. The minimum Gasteiger partial charge on any atom is -0.504 e. The quantitative estimate of drug-likeness (QED) is 0.698. The monoisotopic (exact) mass is 349 g/mol. The minimum absolute atomic E-state index is 0.0857. The summed E-state index contributed by atoms with van der Waals surface area (Å²) in [6.45, 7) is 2.00. The molecule has 3 rings (SSSR count). The molecule has 0 atom stereocenters. The molecule has 1 amide bonds. The lowest BCUT2D eigenvalue weighted by Crippen LogP contribution is -2.26. The van der Waals surface area contributed by atoms with Crippen LogP contribution in [0.4, 0.5) is 20.3 Å². The first kappa shape index (κ1) is 17.1. The van der Waals surface area contributed by atoms with Crippen molar-refractivity contribution in [3.63, 3.8) is 0 Å². The van der Waals surface area contributed by atoms with E-state index < -0.39 is 23.2 Å². The van der Waals surface area contributed by atoms with Gasteiger partial charge in [0.1, 0.15) is 0 Å². The first-order valence-electron chi connectivity index (χ1n) is 7.79. The fourth-order valence-corrected chi connectivity index (χ4v) is 2.19. The van der Waals surface area contributed by atoms with Crippen LogP contribution in [0.25, 0.3) is 0 Å². The Balaban J connectivity index is 1.86. The molecule has 0 saturated heterocycles. The highest BCUT2D eigenvalue weighted by molar-refractivity contribution is 6.00. The van der Waals surface area contributed by atoms with Crippen LogP contribution in [0, 0.1) is 24.5 Å². The van der Waals surface area contributed by atoms with E-state index in [2.05, 4.69) is 15.8 Å². The molecule has 1 aromatic heterocycles. The number of benzene rings is 1. The molecule has 0 spiro atoms. The van der Waals surface area contributed by atoms with Crippen LogP contribution in [0.15, 0.2) is 24.4 Å². The van der Waals surface area contributed by atoms with Gasteiger partial charge >= 0.3 is 0 Å². The third-order valence-electron chi connectivity index (χ3n) is 3.89. The number of carbonyl (C=O) groups is 1. The standard InChI is InChI=1S/C17H17F2N3O3/c1-9-6-7-20-16(15(9)23)21-14-11(4-5-12(18)13(14)19)17(24)22-25-8-10-2-3-10/h4-7,10,23H,2-3,8H2,1H3,(H,20,21)(H,22,24). The number of rotatable bonds is 6. The van der Waals surface area contributed by atoms with E-state index in [4.69, 9.17) is 4.84 Å². The van der Waals surface area contributed by atoms with Gasteiger partial charge in [-0.2, -0.15) is 0 Å². The van der Waals surface area contributed by atoms with Crippen LogP contribution < -0.4 is 10.8 Å². The number of nitrogens with zero attached hydrogens (tertiary/aromatic N) is 1. The van der Waals surface area contributed by atoms with Crippen molar-refractivity contribution in [1.82, 2.24) is 10.5 Å². The van der Waals surface area contributed by atoms with Gasteiger partial charge in [-0.1, -0.05) is 0 Å². The summed E-state index contributed by atoms with van der Waals surface area (Å²) in [7, 11) is 0. The van der Waals surface area contributed by atoms with Crippen molar-refractivity contribution >= 4 is 17.4 Å². The van der Waals surface area contributed by atoms with Crippen LogP contribution in [0.3, 0.4) is 0 Å². The van der Waals surface area contributed by atoms with Crippen LogP contribution >= 0.6 is 0 Å². The molecule has 1 heterocycles. The van der Waals surface area contributed by atoms with E-state index in [1.807, 2.05) is 0 Å². The van der Waals surface area contributed by atoms with Crippen molar-refractivity contribution in [3.05, 3.63) is 47.2 Å². The van der Waals surface area contributed by atoms with Crippen LogP contribution in [0.5, 0.6) is 5.75 Å². The van der Waals surface area contributed by atoms with E-state index in [0.717, 1.165) is 25.0 Å². The molecule has 1 aliphatic carbocycles. The summed E-state index contributed by atoms with van der Waals surface area (Å²) in [6.07, 6.45) is 3.49. The Morgan fingerprint density at radius 2 is 2.12 bits per heavy atom. The topological polar surface area (TPSA) is 83.5 Å². The highest BCUT2D eigenvalue weighted by Gasteiger charge is 2.24. The fraction of sp³-hybridized carbons (Fsp3) is 0.294. The lowest BCUT2D eigenvalue weighted by molar-refractivity contribution is 0.0270. The largest absolute Gasteiger partial charge is 0.504 e. The first-order chi connectivity index (χ1) is 12.0. The van der Waals surface area contributed by atoms with Gasteiger partial charge in [-0.05, 0) is 49.4 Å². The lowest BCUT2D eigenvalue weighted by Gasteiger charge is -2.14. The van der Waals surface area contributed by atoms with Gasteiger partial charge in [-0.3, -0.25) is 9.63 Å². The second-order valence-electron chi connectivity index (χ2n) is 5.92. The van der Waals surface area contributed by atoms with Crippen molar-refractivity contribution in [2.45, 2.75) is 19.8 Å². The van der Waals surface area contributed by atoms with Gasteiger partial charge in [0.05, 0.1) is 17.9 Å². The smallest absolute Gasteiger partial charge is 0.277 e. The maximum absolute atomic E-state index is 14.2. The zero-order valence-corrected chi connectivity index (χ0v) is 13.5. The number of hydrogen-bond donors (Lipinski definition) is 3. The summed E-state index contributed by atoms with van der Waals surface area (Å²) < 4.78 is 27.8. The highest BCUT2D eigenvalue weighted by atomic mass is 19.2. The number of hydrogen-bond acceptors (Lipinski definition) is 5. The van der Waals surface area contributed by atoms with Gasteiger partial charge in [0.25, 0.3) is 5.91 Å². The normalized spacial score (nSPS) is 13.6. The van der Waals surface area contributed by atoms with Gasteiger partial charge in [0.2, 0.25) is 0 Å². The van der Waals surface area contributed by atoms with Gasteiger partial charge in [-0.15, -0.1) is 0 Å². The number of nitrogens with one attached hydrogen (secondary N) is 2. The summed E-state index contributed by atoms with van der Waals surface area (Å²) in [6, 6.07) is 3.53. The van der Waals surface area contributed by atoms with Gasteiger partial charge in [0.15, 0.2) is 23.2 Å². The van der Waals surface area contributed by atoms with E-state index in [1.165, 1.54) is 6.20 Å². The number of carbonyl (C=O) groups excluding carboxylic acids is 1. The summed E-state index contributed by atoms with van der Waals surface area (Å²) >= 11 is 0. The Kier molecular flexibility index (Phi) is 4.80. The van der Waals surface area contributed by atoms with Crippen LogP contribution in [0.1, 0.15) is 28.8 Å². The molecule has 6 nitrogen and oxygen atoms in total. The molecule has 1 aromatic carbocycles. The zero-order valence-electron chi connectivity index (χ0n) is 13.5. The molecule has 0 radical (unpaired) electrons. The SMILES string of the molecule is Cc1ccnc(Nc2c(C(=O)NOCC3CC3)ccc(F)c2F)c1O. The molecule has 0 aliphatic heterocycles. The molecule has 25 heavy (non-hydrogen) atoms. The van der Waals surface area contributed by atoms with Gasteiger partial charge in [0, 0.05) is 6.20 Å². The van der Waals surface area contributed by atoms with Crippen molar-refractivity contribution in [2.75, 3.05) is 11.9 Å². The predicted molar refractivity (Wildman–Crippen MR) is 86.4 cm³/mol.